The fraction of sp³-hybridized carbons (Fsp3) is 0.588. The van der Waals surface area contributed by atoms with Crippen LogP contribution in [0.25, 0.3) is 0 Å². The van der Waals surface area contributed by atoms with E-state index < -0.39 is 9.84 Å². The Hall–Kier alpha value is -1.36. The number of nitrogens with zero attached hydrogens (tertiary/aromatic N) is 1. The van der Waals surface area contributed by atoms with Gasteiger partial charge in [-0.1, -0.05) is 30.3 Å². The fourth-order valence-corrected chi connectivity index (χ4v) is 5.36. The Morgan fingerprint density at radius 1 is 1.18 bits per heavy atom. The lowest BCUT2D eigenvalue weighted by Crippen LogP contribution is -2.40. The lowest BCUT2D eigenvalue weighted by atomic mass is 10.0. The van der Waals surface area contributed by atoms with Gasteiger partial charge in [-0.05, 0) is 37.7 Å². The van der Waals surface area contributed by atoms with Crippen LogP contribution in [0.3, 0.4) is 0 Å². The molecule has 22 heavy (non-hydrogen) atoms. The molecule has 2 saturated heterocycles. The van der Waals surface area contributed by atoms with Gasteiger partial charge in [-0.25, -0.2) is 8.42 Å². The van der Waals surface area contributed by atoms with Gasteiger partial charge in [0, 0.05) is 12.6 Å². The number of carbonyl (C=O) groups excluding carboxylic acids is 1. The maximum absolute atomic E-state index is 12.6. The summed E-state index contributed by atoms with van der Waals surface area (Å²) in [4.78, 5) is 14.6. The van der Waals surface area contributed by atoms with Gasteiger partial charge in [0.25, 0.3) is 0 Å². The highest BCUT2D eigenvalue weighted by Gasteiger charge is 2.38. The van der Waals surface area contributed by atoms with Crippen molar-refractivity contribution in [2.24, 2.45) is 5.92 Å². The van der Waals surface area contributed by atoms with Gasteiger partial charge in [0.05, 0.1) is 17.4 Å². The van der Waals surface area contributed by atoms with E-state index in [1.165, 1.54) is 5.56 Å². The van der Waals surface area contributed by atoms with Crippen LogP contribution in [-0.2, 0) is 21.1 Å². The van der Waals surface area contributed by atoms with E-state index in [9.17, 15) is 13.2 Å². The van der Waals surface area contributed by atoms with Crippen LogP contribution in [-0.4, -0.2) is 43.3 Å². The molecule has 2 heterocycles. The number of likely N-dealkylation sites (tertiary alicyclic amines) is 1. The largest absolute Gasteiger partial charge is 0.339 e. The molecule has 1 amide bonds. The Bertz CT molecular complexity index is 627. The standard InChI is InChI=1S/C17H23NO3S/c19-17(15-10-12-22(20,21)13-15)18-11-4-7-16(18)9-8-14-5-2-1-3-6-14/h1-3,5-6,15-16H,4,7-13H2/t15-,16-/m0/s1. The monoisotopic (exact) mass is 321 g/mol. The summed E-state index contributed by atoms with van der Waals surface area (Å²) in [5.74, 6) is -0.0152. The number of benzene rings is 1. The molecule has 0 spiro atoms. The number of aryl methyl sites for hydroxylation is 1. The van der Waals surface area contributed by atoms with E-state index in [2.05, 4.69) is 12.1 Å². The first kappa shape index (κ1) is 15.5. The molecule has 2 aliphatic heterocycles. The van der Waals surface area contributed by atoms with E-state index in [0.29, 0.717) is 6.42 Å². The minimum absolute atomic E-state index is 0.0493. The normalized spacial score (nSPS) is 27.2. The quantitative estimate of drug-likeness (QED) is 0.853. The van der Waals surface area contributed by atoms with E-state index in [1.807, 2.05) is 23.1 Å². The van der Waals surface area contributed by atoms with Crippen molar-refractivity contribution in [1.82, 2.24) is 4.90 Å². The van der Waals surface area contributed by atoms with E-state index in [4.69, 9.17) is 0 Å². The van der Waals surface area contributed by atoms with Crippen molar-refractivity contribution in [1.29, 1.82) is 0 Å². The Kier molecular flexibility index (Phi) is 4.52. The molecule has 1 aromatic carbocycles. The Labute approximate surface area is 132 Å². The summed E-state index contributed by atoms with van der Waals surface area (Å²) in [6.07, 6.45) is 4.51. The van der Waals surface area contributed by atoms with Gasteiger partial charge in [-0.3, -0.25) is 4.79 Å². The Balaban J connectivity index is 1.59. The molecule has 120 valence electrons. The molecule has 1 aromatic rings. The molecule has 0 bridgehead atoms. The molecular formula is C17H23NO3S. The number of amides is 1. The molecule has 0 radical (unpaired) electrons. The highest BCUT2D eigenvalue weighted by molar-refractivity contribution is 7.91. The SMILES string of the molecule is O=C([C@H]1CCS(=O)(=O)C1)N1CCC[C@H]1CCc1ccccc1. The van der Waals surface area contributed by atoms with Crippen LogP contribution >= 0.6 is 0 Å². The van der Waals surface area contributed by atoms with Gasteiger partial charge in [0.1, 0.15) is 0 Å². The smallest absolute Gasteiger partial charge is 0.226 e. The lowest BCUT2D eigenvalue weighted by Gasteiger charge is -2.27. The van der Waals surface area contributed by atoms with Gasteiger partial charge in [0.2, 0.25) is 5.91 Å². The van der Waals surface area contributed by atoms with Crippen molar-refractivity contribution in [3.8, 4) is 0 Å². The molecule has 0 saturated carbocycles. The summed E-state index contributed by atoms with van der Waals surface area (Å²) >= 11 is 0. The molecule has 2 fully saturated rings. The predicted octanol–water partition coefficient (Wildman–Crippen LogP) is 2.04. The summed E-state index contributed by atoms with van der Waals surface area (Å²) in [7, 11) is -2.99. The van der Waals surface area contributed by atoms with Crippen molar-refractivity contribution >= 4 is 15.7 Å². The van der Waals surface area contributed by atoms with E-state index in [-0.39, 0.29) is 29.4 Å². The van der Waals surface area contributed by atoms with E-state index in [0.717, 1.165) is 32.2 Å². The second-order valence-electron chi connectivity index (χ2n) is 6.45. The Morgan fingerprint density at radius 2 is 1.95 bits per heavy atom. The van der Waals surface area contributed by atoms with Crippen LogP contribution in [0, 0.1) is 5.92 Å². The zero-order chi connectivity index (χ0) is 15.6. The van der Waals surface area contributed by atoms with Crippen LogP contribution in [0.2, 0.25) is 0 Å². The van der Waals surface area contributed by atoms with Crippen LogP contribution in [0.5, 0.6) is 0 Å². The summed E-state index contributed by atoms with van der Waals surface area (Å²) in [5, 5.41) is 0. The zero-order valence-electron chi connectivity index (χ0n) is 12.8. The average Bonchev–Trinajstić information content (AvgIpc) is 3.11. The molecule has 3 rings (SSSR count). The molecule has 2 aliphatic rings. The molecule has 4 nitrogen and oxygen atoms in total. The van der Waals surface area contributed by atoms with E-state index >= 15 is 0 Å². The van der Waals surface area contributed by atoms with Gasteiger partial charge in [-0.2, -0.15) is 0 Å². The van der Waals surface area contributed by atoms with Gasteiger partial charge >= 0.3 is 0 Å². The first-order chi connectivity index (χ1) is 10.6. The van der Waals surface area contributed by atoms with Crippen molar-refractivity contribution in [3.63, 3.8) is 0 Å². The lowest BCUT2D eigenvalue weighted by molar-refractivity contribution is -0.135. The van der Waals surface area contributed by atoms with Gasteiger partial charge in [0.15, 0.2) is 9.84 Å². The fourth-order valence-electron chi connectivity index (χ4n) is 3.63. The molecule has 2 atom stereocenters. The van der Waals surface area contributed by atoms with Gasteiger partial charge in [-0.15, -0.1) is 0 Å². The topological polar surface area (TPSA) is 54.5 Å². The number of rotatable bonds is 4. The van der Waals surface area contributed by atoms with Crippen molar-refractivity contribution < 1.29 is 13.2 Å². The number of hydrogen-bond acceptors (Lipinski definition) is 3. The van der Waals surface area contributed by atoms with Crippen molar-refractivity contribution in [2.45, 2.75) is 38.1 Å². The average molecular weight is 321 g/mol. The Morgan fingerprint density at radius 3 is 2.64 bits per heavy atom. The second-order valence-corrected chi connectivity index (χ2v) is 8.68. The molecule has 0 aliphatic carbocycles. The zero-order valence-corrected chi connectivity index (χ0v) is 13.6. The highest BCUT2D eigenvalue weighted by Crippen LogP contribution is 2.27. The summed E-state index contributed by atoms with van der Waals surface area (Å²) in [6.45, 7) is 0.787. The third kappa shape index (κ3) is 3.51. The van der Waals surface area contributed by atoms with Crippen LogP contribution in [0.1, 0.15) is 31.2 Å². The minimum Gasteiger partial charge on any atom is -0.339 e. The highest BCUT2D eigenvalue weighted by atomic mass is 32.2. The minimum atomic E-state index is -2.99. The van der Waals surface area contributed by atoms with Crippen molar-refractivity contribution in [3.05, 3.63) is 35.9 Å². The second kappa shape index (κ2) is 6.41. The summed E-state index contributed by atoms with van der Waals surface area (Å²) in [5.41, 5.74) is 1.30. The van der Waals surface area contributed by atoms with Crippen LogP contribution in [0.15, 0.2) is 30.3 Å². The third-order valence-electron chi connectivity index (χ3n) is 4.85. The molecule has 0 N–H and O–H groups in total. The summed E-state index contributed by atoms with van der Waals surface area (Å²) < 4.78 is 23.2. The summed E-state index contributed by atoms with van der Waals surface area (Å²) in [6, 6.07) is 10.6. The first-order valence-corrected chi connectivity index (χ1v) is 9.92. The number of carbonyl (C=O) groups is 1. The van der Waals surface area contributed by atoms with Gasteiger partial charge < -0.3 is 4.90 Å². The number of hydrogen-bond donors (Lipinski definition) is 0. The van der Waals surface area contributed by atoms with Crippen LogP contribution < -0.4 is 0 Å². The maximum atomic E-state index is 12.6. The van der Waals surface area contributed by atoms with Crippen molar-refractivity contribution in [2.75, 3.05) is 18.1 Å². The molecular weight excluding hydrogens is 298 g/mol. The molecule has 0 unspecified atom stereocenters. The first-order valence-electron chi connectivity index (χ1n) is 8.10. The maximum Gasteiger partial charge on any atom is 0.226 e. The third-order valence-corrected chi connectivity index (χ3v) is 6.62. The molecule has 5 heteroatoms. The molecule has 0 aromatic heterocycles. The number of sulfone groups is 1. The van der Waals surface area contributed by atoms with Crippen LogP contribution in [0.4, 0.5) is 0 Å². The van der Waals surface area contributed by atoms with E-state index in [1.54, 1.807) is 0 Å². The predicted molar refractivity (Wildman–Crippen MR) is 86.3 cm³/mol.